The fraction of sp³-hybridized carbons (Fsp3) is 0.143. The van der Waals surface area contributed by atoms with Crippen LogP contribution in [-0.2, 0) is 17.6 Å². The maximum Gasteiger partial charge on any atom is 0.231 e. The maximum atomic E-state index is 12.3. The van der Waals surface area contributed by atoms with Crippen LogP contribution in [0.2, 0.25) is 0 Å². The number of hydrogen-bond acceptors (Lipinski definition) is 3. The first-order valence-corrected chi connectivity index (χ1v) is 8.64. The Morgan fingerprint density at radius 1 is 1.15 bits per heavy atom. The Labute approximate surface area is 151 Å². The van der Waals surface area contributed by atoms with Crippen molar-refractivity contribution in [3.8, 4) is 11.3 Å². The van der Waals surface area contributed by atoms with Gasteiger partial charge in [0.25, 0.3) is 0 Å². The van der Waals surface area contributed by atoms with E-state index in [-0.39, 0.29) is 12.3 Å². The molecular weight excluding hydrogens is 326 g/mol. The minimum Gasteiger partial charge on any atom is -0.361 e. The van der Waals surface area contributed by atoms with Gasteiger partial charge in [-0.05, 0) is 23.6 Å². The second-order valence-corrected chi connectivity index (χ2v) is 6.21. The number of aromatic amines is 1. The average molecular weight is 345 g/mol. The van der Waals surface area contributed by atoms with Gasteiger partial charge in [0.05, 0.1) is 6.42 Å². The zero-order valence-corrected chi connectivity index (χ0v) is 14.5. The normalized spacial score (nSPS) is 11.0. The van der Waals surface area contributed by atoms with E-state index in [9.17, 15) is 4.79 Å². The third-order valence-corrected chi connectivity index (χ3v) is 4.46. The Bertz CT molecular complexity index is 1040. The zero-order valence-electron chi connectivity index (χ0n) is 14.5. The Morgan fingerprint density at radius 3 is 2.77 bits per heavy atom. The molecule has 2 N–H and O–H groups in total. The largest absolute Gasteiger partial charge is 0.361 e. The molecule has 0 unspecified atom stereocenters. The number of aryl methyl sites for hydroxylation is 1. The summed E-state index contributed by atoms with van der Waals surface area (Å²) in [4.78, 5) is 15.5. The van der Waals surface area contributed by atoms with E-state index < -0.39 is 0 Å². The summed E-state index contributed by atoms with van der Waals surface area (Å²) in [6.45, 7) is 2.12. The van der Waals surface area contributed by atoms with Crippen LogP contribution >= 0.6 is 0 Å². The standard InChI is InChI=1S/C21H19N3O2/c1-2-14-7-9-15(10-8-14)19-12-21(26-24-19)23-20(25)11-16-13-22-18-6-4-3-5-17(16)18/h3-10,12-13,22H,2,11H2,1H3,(H,23,25). The average Bonchev–Trinajstić information content (AvgIpc) is 3.29. The molecule has 4 aromatic rings. The Kier molecular flexibility index (Phi) is 4.27. The molecule has 0 aliphatic carbocycles. The van der Waals surface area contributed by atoms with Gasteiger partial charge in [-0.3, -0.25) is 10.1 Å². The molecule has 130 valence electrons. The van der Waals surface area contributed by atoms with Gasteiger partial charge in [0.2, 0.25) is 11.8 Å². The number of carbonyl (C=O) groups is 1. The number of anilines is 1. The number of benzene rings is 2. The number of H-pyrrole nitrogens is 1. The van der Waals surface area contributed by atoms with E-state index in [0.29, 0.717) is 11.6 Å². The summed E-state index contributed by atoms with van der Waals surface area (Å²) in [5, 5.41) is 7.87. The Balaban J connectivity index is 1.45. The molecule has 26 heavy (non-hydrogen) atoms. The summed E-state index contributed by atoms with van der Waals surface area (Å²) < 4.78 is 5.26. The molecular formula is C21H19N3O2. The molecule has 5 heteroatoms. The highest BCUT2D eigenvalue weighted by Crippen LogP contribution is 2.23. The molecule has 2 aromatic heterocycles. The van der Waals surface area contributed by atoms with Crippen molar-refractivity contribution in [1.82, 2.24) is 10.1 Å². The van der Waals surface area contributed by atoms with E-state index in [2.05, 4.69) is 34.5 Å². The molecule has 0 aliphatic rings. The fourth-order valence-electron chi connectivity index (χ4n) is 3.01. The smallest absolute Gasteiger partial charge is 0.231 e. The molecule has 1 amide bonds. The van der Waals surface area contributed by atoms with Crippen LogP contribution < -0.4 is 5.32 Å². The van der Waals surface area contributed by atoms with Gasteiger partial charge in [0, 0.05) is 28.7 Å². The van der Waals surface area contributed by atoms with Gasteiger partial charge < -0.3 is 9.51 Å². The topological polar surface area (TPSA) is 70.9 Å². The van der Waals surface area contributed by atoms with E-state index in [1.807, 2.05) is 42.6 Å². The molecule has 0 saturated heterocycles. The van der Waals surface area contributed by atoms with E-state index in [4.69, 9.17) is 4.52 Å². The second kappa shape index (κ2) is 6.88. The zero-order chi connectivity index (χ0) is 17.9. The van der Waals surface area contributed by atoms with Crippen LogP contribution in [0.1, 0.15) is 18.1 Å². The Morgan fingerprint density at radius 2 is 1.96 bits per heavy atom. The van der Waals surface area contributed by atoms with Crippen LogP contribution in [0.5, 0.6) is 0 Å². The van der Waals surface area contributed by atoms with Gasteiger partial charge in [0.15, 0.2) is 0 Å². The number of hydrogen-bond donors (Lipinski definition) is 2. The van der Waals surface area contributed by atoms with Gasteiger partial charge in [-0.15, -0.1) is 0 Å². The quantitative estimate of drug-likeness (QED) is 0.557. The third-order valence-electron chi connectivity index (χ3n) is 4.46. The lowest BCUT2D eigenvalue weighted by Gasteiger charge is -2.00. The predicted octanol–water partition coefficient (Wildman–Crippen LogP) is 4.57. The van der Waals surface area contributed by atoms with Crippen molar-refractivity contribution < 1.29 is 9.32 Å². The number of para-hydroxylation sites is 1. The molecule has 2 aromatic carbocycles. The van der Waals surface area contributed by atoms with Crippen molar-refractivity contribution in [3.63, 3.8) is 0 Å². The van der Waals surface area contributed by atoms with Crippen LogP contribution in [0, 0.1) is 0 Å². The van der Waals surface area contributed by atoms with Crippen LogP contribution in [0.15, 0.2) is 65.3 Å². The number of amides is 1. The SMILES string of the molecule is CCc1ccc(-c2cc(NC(=O)Cc3c[nH]c4ccccc34)on2)cc1. The van der Waals surface area contributed by atoms with Gasteiger partial charge in [0.1, 0.15) is 5.69 Å². The summed E-state index contributed by atoms with van der Waals surface area (Å²) in [7, 11) is 0. The highest BCUT2D eigenvalue weighted by atomic mass is 16.5. The van der Waals surface area contributed by atoms with Crippen molar-refractivity contribution >= 4 is 22.7 Å². The summed E-state index contributed by atoms with van der Waals surface area (Å²) in [5.41, 5.74) is 4.91. The van der Waals surface area contributed by atoms with Crippen molar-refractivity contribution in [3.05, 3.63) is 71.9 Å². The monoisotopic (exact) mass is 345 g/mol. The lowest BCUT2D eigenvalue weighted by Crippen LogP contribution is -2.13. The predicted molar refractivity (Wildman–Crippen MR) is 102 cm³/mol. The first-order valence-electron chi connectivity index (χ1n) is 8.64. The summed E-state index contributed by atoms with van der Waals surface area (Å²) >= 11 is 0. The van der Waals surface area contributed by atoms with Crippen molar-refractivity contribution in [2.75, 3.05) is 5.32 Å². The van der Waals surface area contributed by atoms with Gasteiger partial charge in [-0.25, -0.2) is 0 Å². The fourth-order valence-corrected chi connectivity index (χ4v) is 3.01. The summed E-state index contributed by atoms with van der Waals surface area (Å²) in [6, 6.07) is 17.8. The van der Waals surface area contributed by atoms with Crippen LogP contribution in [0.4, 0.5) is 5.88 Å². The van der Waals surface area contributed by atoms with E-state index in [1.54, 1.807) is 6.07 Å². The van der Waals surface area contributed by atoms with E-state index >= 15 is 0 Å². The van der Waals surface area contributed by atoms with Gasteiger partial charge >= 0.3 is 0 Å². The molecule has 4 rings (SSSR count). The molecule has 0 radical (unpaired) electrons. The molecule has 0 fully saturated rings. The molecule has 2 heterocycles. The highest BCUT2D eigenvalue weighted by molar-refractivity contribution is 5.95. The lowest BCUT2D eigenvalue weighted by atomic mass is 10.1. The molecule has 5 nitrogen and oxygen atoms in total. The molecule has 0 bridgehead atoms. The van der Waals surface area contributed by atoms with Crippen LogP contribution in [-0.4, -0.2) is 16.0 Å². The molecule has 0 saturated carbocycles. The van der Waals surface area contributed by atoms with Gasteiger partial charge in [-0.2, -0.15) is 0 Å². The third kappa shape index (κ3) is 3.24. The number of fused-ring (bicyclic) bond motifs is 1. The first-order chi connectivity index (χ1) is 12.7. The van der Waals surface area contributed by atoms with Crippen molar-refractivity contribution in [2.45, 2.75) is 19.8 Å². The minimum absolute atomic E-state index is 0.140. The lowest BCUT2D eigenvalue weighted by molar-refractivity contribution is -0.115. The van der Waals surface area contributed by atoms with Gasteiger partial charge in [-0.1, -0.05) is 54.5 Å². The van der Waals surface area contributed by atoms with E-state index in [1.165, 1.54) is 5.56 Å². The summed E-state index contributed by atoms with van der Waals surface area (Å²) in [5.74, 6) is 0.211. The van der Waals surface area contributed by atoms with Crippen molar-refractivity contribution in [1.29, 1.82) is 0 Å². The van der Waals surface area contributed by atoms with E-state index in [0.717, 1.165) is 28.5 Å². The number of carbonyl (C=O) groups excluding carboxylic acids is 1. The number of nitrogens with zero attached hydrogens (tertiary/aromatic N) is 1. The number of aromatic nitrogens is 2. The number of nitrogens with one attached hydrogen (secondary N) is 2. The highest BCUT2D eigenvalue weighted by Gasteiger charge is 2.12. The summed E-state index contributed by atoms with van der Waals surface area (Å²) in [6.07, 6.45) is 3.13. The van der Waals surface area contributed by atoms with Crippen LogP contribution in [0.25, 0.3) is 22.2 Å². The molecule has 0 spiro atoms. The second-order valence-electron chi connectivity index (χ2n) is 6.21. The molecule has 0 atom stereocenters. The maximum absolute atomic E-state index is 12.3. The Hall–Kier alpha value is -3.34. The number of rotatable bonds is 5. The first kappa shape index (κ1) is 16.1. The molecule has 0 aliphatic heterocycles. The minimum atomic E-state index is -0.140. The van der Waals surface area contributed by atoms with Crippen molar-refractivity contribution in [2.24, 2.45) is 0 Å². The van der Waals surface area contributed by atoms with Crippen LogP contribution in [0.3, 0.4) is 0 Å².